The lowest BCUT2D eigenvalue weighted by molar-refractivity contribution is -0.128. The van der Waals surface area contributed by atoms with Crippen LogP contribution in [0.4, 0.5) is 4.39 Å². The van der Waals surface area contributed by atoms with Gasteiger partial charge >= 0.3 is 0 Å². The van der Waals surface area contributed by atoms with Crippen molar-refractivity contribution in [2.45, 2.75) is 25.9 Å². The summed E-state index contributed by atoms with van der Waals surface area (Å²) in [5.41, 5.74) is 6.76. The maximum absolute atomic E-state index is 13.0. The molecule has 1 saturated heterocycles. The molecular formula is C15H21FN4O2. The molecule has 2 unspecified atom stereocenters. The molecule has 0 bridgehead atoms. The van der Waals surface area contributed by atoms with Gasteiger partial charge in [-0.2, -0.15) is 0 Å². The number of carbonyl (C=O) groups excluding carboxylic acids is 2. The van der Waals surface area contributed by atoms with Crippen LogP contribution in [-0.2, 0) is 9.59 Å². The Labute approximate surface area is 128 Å². The van der Waals surface area contributed by atoms with Gasteiger partial charge in [0.25, 0.3) is 0 Å². The van der Waals surface area contributed by atoms with Crippen molar-refractivity contribution in [1.29, 1.82) is 0 Å². The molecule has 2 rings (SSSR count). The number of hydrogen-bond donors (Lipinski definition) is 4. The first-order chi connectivity index (χ1) is 10.5. The van der Waals surface area contributed by atoms with E-state index < -0.39 is 0 Å². The molecular weight excluding hydrogens is 287 g/mol. The number of carbonyl (C=O) groups is 2. The second-order valence-corrected chi connectivity index (χ2v) is 5.60. The van der Waals surface area contributed by atoms with Gasteiger partial charge in [-0.05, 0) is 31.5 Å². The van der Waals surface area contributed by atoms with Crippen molar-refractivity contribution in [3.8, 4) is 0 Å². The van der Waals surface area contributed by atoms with Crippen molar-refractivity contribution in [3.05, 3.63) is 35.6 Å². The fraction of sp³-hybridized carbons (Fsp3) is 0.467. The van der Waals surface area contributed by atoms with Crippen molar-refractivity contribution < 1.29 is 14.0 Å². The van der Waals surface area contributed by atoms with Crippen LogP contribution in [-0.4, -0.2) is 30.9 Å². The summed E-state index contributed by atoms with van der Waals surface area (Å²) in [4.78, 5) is 23.8. The van der Waals surface area contributed by atoms with Gasteiger partial charge in [-0.25, -0.2) is 9.82 Å². The third kappa shape index (κ3) is 4.25. The van der Waals surface area contributed by atoms with Crippen LogP contribution in [0.3, 0.4) is 0 Å². The molecule has 0 aliphatic carbocycles. The first-order valence-corrected chi connectivity index (χ1v) is 7.28. The zero-order chi connectivity index (χ0) is 16.1. The van der Waals surface area contributed by atoms with E-state index in [1.54, 1.807) is 12.1 Å². The molecule has 2 atom stereocenters. The molecule has 6 nitrogen and oxygen atoms in total. The molecule has 2 amide bonds. The summed E-state index contributed by atoms with van der Waals surface area (Å²) in [6.07, 6.45) is 0. The summed E-state index contributed by atoms with van der Waals surface area (Å²) < 4.78 is 13.0. The molecule has 22 heavy (non-hydrogen) atoms. The monoisotopic (exact) mass is 308 g/mol. The SMILES string of the molecule is CC(C)NC(=O)CNC(=O)C1CNNC1c1ccc(F)cc1. The lowest BCUT2D eigenvalue weighted by Gasteiger charge is -2.18. The molecule has 1 heterocycles. The standard InChI is InChI=1S/C15H21FN4O2/c1-9(2)19-13(21)8-17-15(22)12-7-18-20-14(12)10-3-5-11(16)6-4-10/h3-6,9,12,14,18,20H,7-8H2,1-2H3,(H,17,22)(H,19,21). The molecule has 1 fully saturated rings. The molecule has 120 valence electrons. The van der Waals surface area contributed by atoms with Crippen molar-refractivity contribution in [3.63, 3.8) is 0 Å². The highest BCUT2D eigenvalue weighted by Crippen LogP contribution is 2.25. The first-order valence-electron chi connectivity index (χ1n) is 7.28. The Kier molecular flexibility index (Phi) is 5.46. The predicted molar refractivity (Wildman–Crippen MR) is 80.1 cm³/mol. The predicted octanol–water partition coefficient (Wildman–Crippen LogP) is 0.232. The minimum Gasteiger partial charge on any atom is -0.352 e. The fourth-order valence-electron chi connectivity index (χ4n) is 2.40. The van der Waals surface area contributed by atoms with E-state index in [0.29, 0.717) is 6.54 Å². The minimum atomic E-state index is -0.364. The first kappa shape index (κ1) is 16.4. The Morgan fingerprint density at radius 3 is 2.64 bits per heavy atom. The highest BCUT2D eigenvalue weighted by Gasteiger charge is 2.33. The Hall–Kier alpha value is -1.99. The number of hydrogen-bond acceptors (Lipinski definition) is 4. The second kappa shape index (κ2) is 7.33. The zero-order valence-electron chi connectivity index (χ0n) is 12.7. The van der Waals surface area contributed by atoms with Gasteiger partial charge in [0, 0.05) is 12.6 Å². The van der Waals surface area contributed by atoms with Gasteiger partial charge in [-0.1, -0.05) is 12.1 Å². The molecule has 4 N–H and O–H groups in total. The number of rotatable bonds is 5. The van der Waals surface area contributed by atoms with Crippen LogP contribution in [0, 0.1) is 11.7 Å². The lowest BCUT2D eigenvalue weighted by atomic mass is 9.94. The minimum absolute atomic E-state index is 0.0335. The van der Waals surface area contributed by atoms with E-state index in [-0.39, 0.29) is 42.2 Å². The normalized spacial score (nSPS) is 20.9. The van der Waals surface area contributed by atoms with Crippen LogP contribution in [0.1, 0.15) is 25.5 Å². The second-order valence-electron chi connectivity index (χ2n) is 5.60. The molecule has 1 aliphatic heterocycles. The number of hydrazine groups is 1. The van der Waals surface area contributed by atoms with Crippen molar-refractivity contribution in [2.24, 2.45) is 5.92 Å². The third-order valence-electron chi connectivity index (χ3n) is 3.42. The van der Waals surface area contributed by atoms with Crippen LogP contribution < -0.4 is 21.5 Å². The maximum Gasteiger partial charge on any atom is 0.239 e. The fourth-order valence-corrected chi connectivity index (χ4v) is 2.40. The summed E-state index contributed by atoms with van der Waals surface area (Å²) >= 11 is 0. The number of benzene rings is 1. The Morgan fingerprint density at radius 1 is 1.32 bits per heavy atom. The molecule has 7 heteroatoms. The molecule has 1 aromatic rings. The molecule has 1 aliphatic rings. The summed E-state index contributed by atoms with van der Waals surface area (Å²) in [6, 6.07) is 5.79. The summed E-state index contributed by atoms with van der Waals surface area (Å²) in [7, 11) is 0. The van der Waals surface area contributed by atoms with Crippen LogP contribution >= 0.6 is 0 Å². The molecule has 1 aromatic carbocycles. The van der Waals surface area contributed by atoms with Gasteiger partial charge in [0.2, 0.25) is 11.8 Å². The van der Waals surface area contributed by atoms with Crippen molar-refractivity contribution in [1.82, 2.24) is 21.5 Å². The Morgan fingerprint density at radius 2 is 2.00 bits per heavy atom. The van der Waals surface area contributed by atoms with Crippen LogP contribution in [0.5, 0.6) is 0 Å². The van der Waals surface area contributed by atoms with Crippen LogP contribution in [0.15, 0.2) is 24.3 Å². The maximum atomic E-state index is 13.0. The van der Waals surface area contributed by atoms with E-state index in [1.807, 2.05) is 13.8 Å². The zero-order valence-corrected chi connectivity index (χ0v) is 12.7. The van der Waals surface area contributed by atoms with Gasteiger partial charge in [-0.15, -0.1) is 0 Å². The van der Waals surface area contributed by atoms with Gasteiger partial charge in [0.15, 0.2) is 0 Å². The number of halogens is 1. The van der Waals surface area contributed by atoms with Gasteiger partial charge < -0.3 is 10.6 Å². The van der Waals surface area contributed by atoms with E-state index in [9.17, 15) is 14.0 Å². The van der Waals surface area contributed by atoms with Crippen LogP contribution in [0.25, 0.3) is 0 Å². The van der Waals surface area contributed by atoms with E-state index in [0.717, 1.165) is 5.56 Å². The van der Waals surface area contributed by atoms with E-state index in [1.165, 1.54) is 12.1 Å². The van der Waals surface area contributed by atoms with Gasteiger partial charge in [0.1, 0.15) is 5.82 Å². The number of nitrogens with one attached hydrogen (secondary N) is 4. The average molecular weight is 308 g/mol. The molecule has 0 spiro atoms. The van der Waals surface area contributed by atoms with E-state index >= 15 is 0 Å². The average Bonchev–Trinajstić information content (AvgIpc) is 2.94. The van der Waals surface area contributed by atoms with Crippen molar-refractivity contribution >= 4 is 11.8 Å². The quantitative estimate of drug-likeness (QED) is 0.628. The Balaban J connectivity index is 1.93. The van der Waals surface area contributed by atoms with Crippen molar-refractivity contribution in [2.75, 3.05) is 13.1 Å². The Bertz CT molecular complexity index is 533. The number of amides is 2. The molecule has 0 aromatic heterocycles. The van der Waals surface area contributed by atoms with E-state index in [4.69, 9.17) is 0 Å². The summed E-state index contributed by atoms with van der Waals surface area (Å²) in [5, 5.41) is 5.35. The largest absolute Gasteiger partial charge is 0.352 e. The lowest BCUT2D eigenvalue weighted by Crippen LogP contribution is -2.43. The third-order valence-corrected chi connectivity index (χ3v) is 3.42. The van der Waals surface area contributed by atoms with E-state index in [2.05, 4.69) is 21.5 Å². The highest BCUT2D eigenvalue weighted by molar-refractivity contribution is 5.86. The topological polar surface area (TPSA) is 82.3 Å². The molecule has 0 saturated carbocycles. The summed E-state index contributed by atoms with van der Waals surface area (Å²) in [5.74, 6) is -1.12. The highest BCUT2D eigenvalue weighted by atomic mass is 19.1. The summed E-state index contributed by atoms with van der Waals surface area (Å²) in [6.45, 7) is 4.10. The molecule has 0 radical (unpaired) electrons. The van der Waals surface area contributed by atoms with Crippen LogP contribution in [0.2, 0.25) is 0 Å². The van der Waals surface area contributed by atoms with Gasteiger partial charge in [-0.3, -0.25) is 15.0 Å². The smallest absolute Gasteiger partial charge is 0.239 e. The van der Waals surface area contributed by atoms with Gasteiger partial charge in [0.05, 0.1) is 18.5 Å².